The van der Waals surface area contributed by atoms with E-state index in [1.807, 2.05) is 36.4 Å². The van der Waals surface area contributed by atoms with E-state index in [0.29, 0.717) is 12.2 Å². The number of hydrogen-bond donors (Lipinski definition) is 0. The molecule has 0 unspecified atom stereocenters. The first-order valence-corrected chi connectivity index (χ1v) is 6.98. The summed E-state index contributed by atoms with van der Waals surface area (Å²) in [6.45, 7) is 0.352. The summed E-state index contributed by atoms with van der Waals surface area (Å²) in [5, 5.41) is 0. The third kappa shape index (κ3) is 3.33. The molecule has 0 fully saturated rings. The van der Waals surface area contributed by atoms with Gasteiger partial charge in [0.05, 0.1) is 0 Å². The van der Waals surface area contributed by atoms with E-state index in [-0.39, 0.29) is 5.97 Å². The molecule has 84 valence electrons. The van der Waals surface area contributed by atoms with Crippen molar-refractivity contribution in [2.45, 2.75) is 6.61 Å². The zero-order valence-corrected chi connectivity index (χ0v) is 12.6. The fourth-order valence-corrected chi connectivity index (χ4v) is 2.30. The van der Waals surface area contributed by atoms with Crippen molar-refractivity contribution >= 4 is 32.1 Å². The van der Waals surface area contributed by atoms with E-state index >= 15 is 0 Å². The van der Waals surface area contributed by atoms with E-state index in [2.05, 4.69) is 6.07 Å². The fraction of sp³-hybridized carbons (Fsp3) is 0.0714. The van der Waals surface area contributed by atoms with Gasteiger partial charge in [0.15, 0.2) is 0 Å². The van der Waals surface area contributed by atoms with E-state index in [0.717, 1.165) is 28.1 Å². The second kappa shape index (κ2) is 5.87. The van der Waals surface area contributed by atoms with Crippen LogP contribution >= 0.6 is 0 Å². The van der Waals surface area contributed by atoms with Crippen molar-refractivity contribution in [3.8, 4) is 0 Å². The minimum absolute atomic E-state index is 0.269. The van der Waals surface area contributed by atoms with Crippen molar-refractivity contribution in [2.24, 2.45) is 0 Å². The average molecular weight is 331 g/mol. The summed E-state index contributed by atoms with van der Waals surface area (Å²) in [7, 11) is 0. The quantitative estimate of drug-likeness (QED) is 0.631. The first kappa shape index (κ1) is 12.2. The molecule has 2 aromatic rings. The Morgan fingerprint density at radius 2 is 1.65 bits per heavy atom. The minimum atomic E-state index is -0.269. The zero-order chi connectivity index (χ0) is 12.1. The van der Waals surface area contributed by atoms with Gasteiger partial charge < -0.3 is 0 Å². The van der Waals surface area contributed by atoms with Crippen LogP contribution in [0.25, 0.3) is 0 Å². The van der Waals surface area contributed by atoms with Gasteiger partial charge in [0.25, 0.3) is 0 Å². The van der Waals surface area contributed by atoms with Gasteiger partial charge in [-0.3, -0.25) is 0 Å². The van der Waals surface area contributed by atoms with Crippen LogP contribution < -0.4 is 3.58 Å². The van der Waals surface area contributed by atoms with Crippen molar-refractivity contribution in [3.05, 3.63) is 65.7 Å². The molecule has 0 bridgehead atoms. The van der Waals surface area contributed by atoms with E-state index in [4.69, 9.17) is 4.74 Å². The number of benzene rings is 2. The Kier molecular flexibility index (Phi) is 4.20. The Hall–Kier alpha value is -1.29. The van der Waals surface area contributed by atoms with Crippen LogP contribution in [0.2, 0.25) is 0 Å². The molecule has 17 heavy (non-hydrogen) atoms. The third-order valence-corrected chi connectivity index (χ3v) is 4.03. The molecule has 0 aliphatic rings. The predicted molar refractivity (Wildman–Crippen MR) is 68.8 cm³/mol. The summed E-state index contributed by atoms with van der Waals surface area (Å²) in [6, 6.07) is 17.1. The fourth-order valence-electron chi connectivity index (χ4n) is 1.47. The first-order chi connectivity index (χ1) is 8.27. The van der Waals surface area contributed by atoms with Crippen LogP contribution in [0.1, 0.15) is 15.9 Å². The van der Waals surface area contributed by atoms with E-state index in [1.165, 1.54) is 3.58 Å². The maximum atomic E-state index is 11.7. The van der Waals surface area contributed by atoms with Crippen molar-refractivity contribution in [1.82, 2.24) is 0 Å². The van der Waals surface area contributed by atoms with Gasteiger partial charge in [-0.1, -0.05) is 0 Å². The molecule has 0 spiro atoms. The molecule has 0 saturated carbocycles. The molecule has 0 aromatic heterocycles. The predicted octanol–water partition coefficient (Wildman–Crippen LogP) is 1.57. The van der Waals surface area contributed by atoms with Crippen LogP contribution in [0.4, 0.5) is 0 Å². The van der Waals surface area contributed by atoms with Crippen LogP contribution in [0.3, 0.4) is 0 Å². The Balaban J connectivity index is 2.00. The van der Waals surface area contributed by atoms with Crippen molar-refractivity contribution < 1.29 is 9.53 Å². The van der Waals surface area contributed by atoms with Gasteiger partial charge in [-0.2, -0.15) is 0 Å². The van der Waals surface area contributed by atoms with E-state index < -0.39 is 0 Å². The topological polar surface area (TPSA) is 26.3 Å². The summed E-state index contributed by atoms with van der Waals surface area (Å²) >= 11 is 1.03. The maximum absolute atomic E-state index is 11.7. The summed E-state index contributed by atoms with van der Waals surface area (Å²) in [5.41, 5.74) is 1.69. The molecule has 0 amide bonds. The number of hydrogen-bond acceptors (Lipinski definition) is 2. The standard InChI is InChI=1S/C14H11O2.Sn.H/c15-14(13-9-5-2-6-10-13)16-11-12-7-3-1-4-8-12;;/h1-7,9-10H,11H2;;. The van der Waals surface area contributed by atoms with Gasteiger partial charge in [0.1, 0.15) is 0 Å². The molecular weight excluding hydrogens is 319 g/mol. The number of ether oxygens (including phenoxy) is 1. The molecule has 0 atom stereocenters. The molecule has 0 aliphatic heterocycles. The molecule has 2 radical (unpaired) electrons. The Bertz CT molecular complexity index is 509. The van der Waals surface area contributed by atoms with Gasteiger partial charge >= 0.3 is 114 Å². The number of esters is 1. The summed E-state index contributed by atoms with van der Waals surface area (Å²) in [5.74, 6) is -0.269. The molecule has 0 N–H and O–H groups in total. The summed E-state index contributed by atoms with van der Waals surface area (Å²) in [6.07, 6.45) is 0. The van der Waals surface area contributed by atoms with E-state index in [1.54, 1.807) is 12.1 Å². The van der Waals surface area contributed by atoms with Gasteiger partial charge in [-0.15, -0.1) is 0 Å². The van der Waals surface area contributed by atoms with Crippen molar-refractivity contribution in [1.29, 1.82) is 0 Å². The van der Waals surface area contributed by atoms with Crippen LogP contribution in [0.15, 0.2) is 54.6 Å². The van der Waals surface area contributed by atoms with Crippen LogP contribution in [-0.4, -0.2) is 28.5 Å². The number of carbonyl (C=O) groups excluding carboxylic acids is 1. The molecule has 0 saturated heterocycles. The molecule has 0 aliphatic carbocycles. The molecular formula is C14H12O2Sn. The average Bonchev–Trinajstić information content (AvgIpc) is 2.38. The molecule has 3 heteroatoms. The van der Waals surface area contributed by atoms with Crippen LogP contribution in [0, 0.1) is 0 Å². The SMILES string of the molecule is O=C(OCc1cccc[c]1[SnH])c1ccccc1. The summed E-state index contributed by atoms with van der Waals surface area (Å²) < 4.78 is 6.54. The molecule has 2 aromatic carbocycles. The zero-order valence-electron chi connectivity index (χ0n) is 9.30. The van der Waals surface area contributed by atoms with Gasteiger partial charge in [-0.05, 0) is 0 Å². The van der Waals surface area contributed by atoms with Crippen molar-refractivity contribution in [3.63, 3.8) is 0 Å². The Morgan fingerprint density at radius 1 is 1.00 bits per heavy atom. The van der Waals surface area contributed by atoms with Gasteiger partial charge in [-0.25, -0.2) is 0 Å². The second-order valence-corrected chi connectivity index (χ2v) is 5.42. The molecule has 2 rings (SSSR count). The first-order valence-electron chi connectivity index (χ1n) is 5.33. The molecule has 0 heterocycles. The van der Waals surface area contributed by atoms with Gasteiger partial charge in [0.2, 0.25) is 0 Å². The normalized spacial score (nSPS) is 9.94. The second-order valence-electron chi connectivity index (χ2n) is 3.64. The monoisotopic (exact) mass is 332 g/mol. The third-order valence-electron chi connectivity index (χ3n) is 2.42. The molecule has 2 nitrogen and oxygen atoms in total. The van der Waals surface area contributed by atoms with Crippen molar-refractivity contribution in [2.75, 3.05) is 0 Å². The summed E-state index contributed by atoms with van der Waals surface area (Å²) in [4.78, 5) is 11.7. The Labute approximate surface area is 114 Å². The van der Waals surface area contributed by atoms with E-state index in [9.17, 15) is 4.79 Å². The van der Waals surface area contributed by atoms with Gasteiger partial charge in [0, 0.05) is 0 Å². The Morgan fingerprint density at radius 3 is 2.35 bits per heavy atom. The number of carbonyl (C=O) groups is 1. The van der Waals surface area contributed by atoms with Crippen LogP contribution in [-0.2, 0) is 11.3 Å². The number of rotatable bonds is 3. The van der Waals surface area contributed by atoms with Crippen LogP contribution in [0.5, 0.6) is 0 Å².